The fourth-order valence-electron chi connectivity index (χ4n) is 5.25. The molecule has 8 heteroatoms. The topological polar surface area (TPSA) is 56.0 Å². The maximum absolute atomic E-state index is 13.7. The largest absolute Gasteiger partial charge is 0.344 e. The average molecular weight is 532 g/mol. The van der Waals surface area contributed by atoms with Crippen molar-refractivity contribution in [2.45, 2.75) is 57.8 Å². The van der Waals surface area contributed by atoms with Gasteiger partial charge in [0.15, 0.2) is 16.8 Å². The van der Waals surface area contributed by atoms with Crippen LogP contribution in [0, 0.1) is 19.7 Å². The van der Waals surface area contributed by atoms with Gasteiger partial charge in [-0.25, -0.2) is 4.39 Å². The molecule has 1 atom stereocenters. The highest BCUT2D eigenvalue weighted by atomic mass is 32.2. The first-order valence-corrected chi connectivity index (χ1v) is 14.2. The van der Waals surface area contributed by atoms with Gasteiger partial charge >= 0.3 is 0 Å². The number of nitrogens with zero attached hydrogens (tertiary/aromatic N) is 5. The maximum Gasteiger partial charge on any atom is 0.196 e. The molecule has 3 heterocycles. The van der Waals surface area contributed by atoms with Crippen LogP contribution in [0.4, 0.5) is 4.39 Å². The van der Waals surface area contributed by atoms with Gasteiger partial charge in [-0.15, -0.1) is 10.2 Å². The molecule has 5 rings (SSSR count). The Hall–Kier alpha value is -3.23. The van der Waals surface area contributed by atoms with Gasteiger partial charge in [0, 0.05) is 29.2 Å². The second-order valence-electron chi connectivity index (χ2n) is 9.99. The van der Waals surface area contributed by atoms with E-state index in [-0.39, 0.29) is 23.4 Å². The highest BCUT2D eigenvalue weighted by molar-refractivity contribution is 7.99. The molecule has 1 saturated heterocycles. The summed E-state index contributed by atoms with van der Waals surface area (Å²) in [7, 11) is 0. The van der Waals surface area contributed by atoms with Crippen molar-refractivity contribution in [1.29, 1.82) is 0 Å². The SMILES string of the molecule is Cc1cc(C(=O)CSc2nnc(C(C)N3CCCCC3)n2-c2ccc(F)cc2)c(C)n1Cc1ccccc1. The van der Waals surface area contributed by atoms with E-state index in [1.165, 1.54) is 48.7 Å². The fourth-order valence-corrected chi connectivity index (χ4v) is 6.09. The third-order valence-electron chi connectivity index (χ3n) is 7.45. The van der Waals surface area contributed by atoms with Crippen LogP contribution in [-0.4, -0.2) is 48.9 Å². The van der Waals surface area contributed by atoms with Crippen molar-refractivity contribution >= 4 is 17.5 Å². The molecule has 1 aliphatic rings. The van der Waals surface area contributed by atoms with E-state index in [2.05, 4.69) is 38.7 Å². The number of likely N-dealkylation sites (tertiary alicyclic amines) is 1. The number of carbonyl (C=O) groups is 1. The molecular formula is C30H34FN5OS. The number of rotatable bonds is 9. The summed E-state index contributed by atoms with van der Waals surface area (Å²) >= 11 is 1.38. The minimum absolute atomic E-state index is 0.0571. The summed E-state index contributed by atoms with van der Waals surface area (Å²) in [5.41, 5.74) is 4.76. The molecule has 1 unspecified atom stereocenters. The monoisotopic (exact) mass is 531 g/mol. The summed E-state index contributed by atoms with van der Waals surface area (Å²) in [6.45, 7) is 8.98. The van der Waals surface area contributed by atoms with E-state index in [1.54, 1.807) is 12.1 Å². The van der Waals surface area contributed by atoms with Crippen LogP contribution in [0.25, 0.3) is 5.69 Å². The Kier molecular flexibility index (Phi) is 8.09. The number of hydrogen-bond donors (Lipinski definition) is 0. The first-order chi connectivity index (χ1) is 18.4. The minimum Gasteiger partial charge on any atom is -0.344 e. The molecular weight excluding hydrogens is 497 g/mol. The predicted molar refractivity (Wildman–Crippen MR) is 150 cm³/mol. The number of piperidine rings is 1. The lowest BCUT2D eigenvalue weighted by atomic mass is 10.1. The Balaban J connectivity index is 1.38. The van der Waals surface area contributed by atoms with Crippen molar-refractivity contribution in [3.63, 3.8) is 0 Å². The van der Waals surface area contributed by atoms with Gasteiger partial charge in [0.05, 0.1) is 11.8 Å². The van der Waals surface area contributed by atoms with Crippen molar-refractivity contribution in [3.05, 3.63) is 94.8 Å². The normalized spacial score (nSPS) is 15.1. The average Bonchev–Trinajstić information content (AvgIpc) is 3.49. The van der Waals surface area contributed by atoms with Crippen LogP contribution in [0.3, 0.4) is 0 Å². The number of aromatic nitrogens is 4. The summed E-state index contributed by atoms with van der Waals surface area (Å²) in [5.74, 6) is 0.825. The van der Waals surface area contributed by atoms with E-state index in [0.717, 1.165) is 48.1 Å². The fraction of sp³-hybridized carbons (Fsp3) is 0.367. The lowest BCUT2D eigenvalue weighted by molar-refractivity contribution is 0.102. The molecule has 0 spiro atoms. The van der Waals surface area contributed by atoms with Crippen molar-refractivity contribution < 1.29 is 9.18 Å². The first kappa shape index (κ1) is 26.4. The highest BCUT2D eigenvalue weighted by Gasteiger charge is 2.26. The molecule has 1 fully saturated rings. The number of hydrogen-bond acceptors (Lipinski definition) is 5. The van der Waals surface area contributed by atoms with E-state index >= 15 is 0 Å². The maximum atomic E-state index is 13.7. The van der Waals surface area contributed by atoms with Crippen LogP contribution in [0.5, 0.6) is 0 Å². The van der Waals surface area contributed by atoms with Gasteiger partial charge in [-0.1, -0.05) is 48.5 Å². The number of benzene rings is 2. The van der Waals surface area contributed by atoms with Gasteiger partial charge in [-0.2, -0.15) is 0 Å². The van der Waals surface area contributed by atoms with E-state index in [1.807, 2.05) is 42.7 Å². The van der Waals surface area contributed by atoms with Crippen molar-refractivity contribution in [1.82, 2.24) is 24.2 Å². The van der Waals surface area contributed by atoms with E-state index in [4.69, 9.17) is 0 Å². The van der Waals surface area contributed by atoms with E-state index in [9.17, 15) is 9.18 Å². The molecule has 2 aromatic heterocycles. The number of aryl methyl sites for hydroxylation is 1. The van der Waals surface area contributed by atoms with Gasteiger partial charge < -0.3 is 4.57 Å². The molecule has 0 N–H and O–H groups in total. The highest BCUT2D eigenvalue weighted by Crippen LogP contribution is 2.30. The van der Waals surface area contributed by atoms with Crippen LogP contribution in [-0.2, 0) is 6.54 Å². The van der Waals surface area contributed by atoms with Crippen LogP contribution in [0.1, 0.15) is 65.4 Å². The molecule has 0 radical (unpaired) electrons. The molecule has 0 bridgehead atoms. The van der Waals surface area contributed by atoms with Gasteiger partial charge in [0.25, 0.3) is 0 Å². The second-order valence-corrected chi connectivity index (χ2v) is 10.9. The molecule has 2 aromatic carbocycles. The molecule has 0 amide bonds. The smallest absolute Gasteiger partial charge is 0.196 e. The summed E-state index contributed by atoms with van der Waals surface area (Å²) in [6, 6.07) is 18.7. The van der Waals surface area contributed by atoms with Gasteiger partial charge in [0.2, 0.25) is 0 Å². The van der Waals surface area contributed by atoms with Crippen molar-refractivity contribution in [2.75, 3.05) is 18.8 Å². The molecule has 198 valence electrons. The minimum atomic E-state index is -0.289. The zero-order chi connectivity index (χ0) is 26.6. The molecule has 0 saturated carbocycles. The van der Waals surface area contributed by atoms with Gasteiger partial charge in [0.1, 0.15) is 5.82 Å². The van der Waals surface area contributed by atoms with Crippen LogP contribution in [0.2, 0.25) is 0 Å². The van der Waals surface area contributed by atoms with Crippen molar-refractivity contribution in [2.24, 2.45) is 0 Å². The quantitative estimate of drug-likeness (QED) is 0.185. The molecule has 6 nitrogen and oxygen atoms in total. The number of thioether (sulfide) groups is 1. The third-order valence-corrected chi connectivity index (χ3v) is 8.37. The number of halogens is 1. The Labute approximate surface area is 227 Å². The summed E-state index contributed by atoms with van der Waals surface area (Å²) in [6.07, 6.45) is 3.60. The van der Waals surface area contributed by atoms with Crippen LogP contribution in [0.15, 0.2) is 65.8 Å². The second kappa shape index (κ2) is 11.7. The first-order valence-electron chi connectivity index (χ1n) is 13.2. The standard InChI is InChI=1S/C30H34FN5OS/c1-21-18-27(22(2)35(21)19-24-10-6-4-7-11-24)28(37)20-38-30-33-32-29(23(3)34-16-8-5-9-17-34)36(30)26-14-12-25(31)13-15-26/h4,6-7,10-15,18,23H,5,8-9,16-17,19-20H2,1-3H3. The van der Waals surface area contributed by atoms with Crippen LogP contribution >= 0.6 is 11.8 Å². The Bertz CT molecular complexity index is 1390. The Morgan fingerprint density at radius 2 is 1.71 bits per heavy atom. The molecule has 38 heavy (non-hydrogen) atoms. The molecule has 0 aliphatic carbocycles. The van der Waals surface area contributed by atoms with Crippen molar-refractivity contribution in [3.8, 4) is 5.69 Å². The van der Waals surface area contributed by atoms with E-state index < -0.39 is 0 Å². The lowest BCUT2D eigenvalue weighted by Gasteiger charge is -2.31. The zero-order valence-electron chi connectivity index (χ0n) is 22.2. The third kappa shape index (κ3) is 5.61. The predicted octanol–water partition coefficient (Wildman–Crippen LogP) is 6.39. The number of Topliss-reactive ketones (excluding diaryl/α,β-unsaturated/α-hetero) is 1. The summed E-state index contributed by atoms with van der Waals surface area (Å²) in [5, 5.41) is 9.70. The van der Waals surface area contributed by atoms with Gasteiger partial charge in [-0.3, -0.25) is 14.3 Å². The Morgan fingerprint density at radius 1 is 1.00 bits per heavy atom. The summed E-state index contributed by atoms with van der Waals surface area (Å²) < 4.78 is 17.9. The van der Waals surface area contributed by atoms with Crippen LogP contribution < -0.4 is 0 Å². The lowest BCUT2D eigenvalue weighted by Crippen LogP contribution is -2.33. The zero-order valence-corrected chi connectivity index (χ0v) is 23.0. The number of carbonyl (C=O) groups excluding carboxylic acids is 1. The van der Waals surface area contributed by atoms with Gasteiger partial charge in [-0.05, 0) is 82.6 Å². The number of ketones is 1. The Morgan fingerprint density at radius 3 is 2.42 bits per heavy atom. The summed E-state index contributed by atoms with van der Waals surface area (Å²) in [4.78, 5) is 15.8. The molecule has 1 aliphatic heterocycles. The molecule has 4 aromatic rings. The van der Waals surface area contributed by atoms with E-state index in [0.29, 0.717) is 5.16 Å².